The Morgan fingerprint density at radius 2 is 1.72 bits per heavy atom. The SMILES string of the molecule is N#Cc1ccc(NC(=O)COCC(=O)N2CCN(c3ccccc3F)CC2)cc1. The zero-order valence-electron chi connectivity index (χ0n) is 15.8. The van der Waals surface area contributed by atoms with Crippen molar-refractivity contribution in [1.29, 1.82) is 5.26 Å². The van der Waals surface area contributed by atoms with Gasteiger partial charge in [0, 0.05) is 31.9 Å². The van der Waals surface area contributed by atoms with Gasteiger partial charge in [-0.3, -0.25) is 9.59 Å². The van der Waals surface area contributed by atoms with E-state index in [9.17, 15) is 14.0 Å². The molecule has 0 aliphatic carbocycles. The zero-order chi connectivity index (χ0) is 20.6. The lowest BCUT2D eigenvalue weighted by atomic mass is 10.2. The molecular formula is C21H21FN4O3. The Labute approximate surface area is 168 Å². The fraction of sp³-hybridized carbons (Fsp3) is 0.286. The fourth-order valence-corrected chi connectivity index (χ4v) is 3.05. The van der Waals surface area contributed by atoms with E-state index < -0.39 is 0 Å². The predicted molar refractivity (Wildman–Crippen MR) is 106 cm³/mol. The maximum Gasteiger partial charge on any atom is 0.250 e. The van der Waals surface area contributed by atoms with E-state index in [2.05, 4.69) is 5.32 Å². The first-order valence-corrected chi connectivity index (χ1v) is 9.22. The molecule has 7 nitrogen and oxygen atoms in total. The van der Waals surface area contributed by atoms with Crippen molar-refractivity contribution >= 4 is 23.2 Å². The molecule has 1 fully saturated rings. The molecule has 8 heteroatoms. The van der Waals surface area contributed by atoms with E-state index in [1.165, 1.54) is 6.07 Å². The van der Waals surface area contributed by atoms with Gasteiger partial charge in [-0.05, 0) is 36.4 Å². The number of halogens is 1. The molecule has 1 saturated heterocycles. The number of amides is 2. The molecule has 3 rings (SSSR count). The number of hydrogen-bond donors (Lipinski definition) is 1. The maximum absolute atomic E-state index is 13.9. The normalized spacial score (nSPS) is 13.7. The fourth-order valence-electron chi connectivity index (χ4n) is 3.05. The van der Waals surface area contributed by atoms with Crippen LogP contribution in [-0.4, -0.2) is 56.1 Å². The Morgan fingerprint density at radius 1 is 1.03 bits per heavy atom. The highest BCUT2D eigenvalue weighted by molar-refractivity contribution is 5.92. The molecule has 0 spiro atoms. The molecule has 2 amide bonds. The Bertz CT molecular complexity index is 903. The average molecular weight is 396 g/mol. The van der Waals surface area contributed by atoms with Crippen LogP contribution in [0.2, 0.25) is 0 Å². The molecule has 29 heavy (non-hydrogen) atoms. The summed E-state index contributed by atoms with van der Waals surface area (Å²) in [5, 5.41) is 11.4. The van der Waals surface area contributed by atoms with Crippen LogP contribution in [0, 0.1) is 17.1 Å². The van der Waals surface area contributed by atoms with E-state index >= 15 is 0 Å². The van der Waals surface area contributed by atoms with Crippen molar-refractivity contribution in [2.75, 3.05) is 49.6 Å². The van der Waals surface area contributed by atoms with Crippen LogP contribution in [0.4, 0.5) is 15.8 Å². The maximum atomic E-state index is 13.9. The summed E-state index contributed by atoms with van der Waals surface area (Å²) in [6.45, 7) is 1.56. The van der Waals surface area contributed by atoms with Gasteiger partial charge < -0.3 is 19.9 Å². The Hall–Kier alpha value is -3.44. The first kappa shape index (κ1) is 20.3. The van der Waals surface area contributed by atoms with Gasteiger partial charge >= 0.3 is 0 Å². The van der Waals surface area contributed by atoms with Gasteiger partial charge in [0.1, 0.15) is 19.0 Å². The lowest BCUT2D eigenvalue weighted by Crippen LogP contribution is -2.50. The van der Waals surface area contributed by atoms with Gasteiger partial charge in [-0.2, -0.15) is 5.26 Å². The van der Waals surface area contributed by atoms with E-state index in [0.29, 0.717) is 43.1 Å². The van der Waals surface area contributed by atoms with Crippen molar-refractivity contribution in [2.45, 2.75) is 0 Å². The van der Waals surface area contributed by atoms with Crippen LogP contribution >= 0.6 is 0 Å². The van der Waals surface area contributed by atoms with Gasteiger partial charge in [0.2, 0.25) is 11.8 Å². The largest absolute Gasteiger partial charge is 0.366 e. The summed E-state index contributed by atoms with van der Waals surface area (Å²) >= 11 is 0. The van der Waals surface area contributed by atoms with Gasteiger partial charge in [-0.25, -0.2) is 4.39 Å². The van der Waals surface area contributed by atoms with Gasteiger partial charge in [0.25, 0.3) is 0 Å². The lowest BCUT2D eigenvalue weighted by molar-refractivity contribution is -0.137. The summed E-state index contributed by atoms with van der Waals surface area (Å²) in [5.41, 5.74) is 1.59. The number of rotatable bonds is 6. The molecular weight excluding hydrogens is 375 g/mol. The summed E-state index contributed by atoms with van der Waals surface area (Å²) in [7, 11) is 0. The van der Waals surface area contributed by atoms with Crippen molar-refractivity contribution in [3.63, 3.8) is 0 Å². The molecule has 1 heterocycles. The molecule has 2 aromatic carbocycles. The van der Waals surface area contributed by atoms with E-state index in [1.807, 2.05) is 11.0 Å². The molecule has 1 aliphatic rings. The van der Waals surface area contributed by atoms with Crippen molar-refractivity contribution < 1.29 is 18.7 Å². The minimum atomic E-state index is -0.383. The monoisotopic (exact) mass is 396 g/mol. The number of piperazine rings is 1. The number of carbonyl (C=O) groups excluding carboxylic acids is 2. The highest BCUT2D eigenvalue weighted by atomic mass is 19.1. The van der Waals surface area contributed by atoms with Crippen molar-refractivity contribution in [3.8, 4) is 6.07 Å². The van der Waals surface area contributed by atoms with Crippen LogP contribution in [0.25, 0.3) is 0 Å². The van der Waals surface area contributed by atoms with Crippen molar-refractivity contribution in [3.05, 3.63) is 59.9 Å². The molecule has 150 valence electrons. The number of hydrogen-bond acceptors (Lipinski definition) is 5. The molecule has 0 atom stereocenters. The molecule has 0 aromatic heterocycles. The Balaban J connectivity index is 1.38. The van der Waals surface area contributed by atoms with Gasteiger partial charge in [-0.15, -0.1) is 0 Å². The number of nitriles is 1. The van der Waals surface area contributed by atoms with E-state index in [-0.39, 0.29) is 30.8 Å². The summed E-state index contributed by atoms with van der Waals surface area (Å²) in [4.78, 5) is 27.7. The van der Waals surface area contributed by atoms with Gasteiger partial charge in [-0.1, -0.05) is 12.1 Å². The Kier molecular flexibility index (Phi) is 6.76. The summed E-state index contributed by atoms with van der Waals surface area (Å²) < 4.78 is 19.1. The van der Waals surface area contributed by atoms with Gasteiger partial charge in [0.05, 0.1) is 17.3 Å². The zero-order valence-corrected chi connectivity index (χ0v) is 15.8. The van der Waals surface area contributed by atoms with Crippen molar-refractivity contribution in [1.82, 2.24) is 4.90 Å². The number of nitrogens with one attached hydrogen (secondary N) is 1. The Morgan fingerprint density at radius 3 is 2.38 bits per heavy atom. The summed E-state index contributed by atoms with van der Waals surface area (Å²) in [6.07, 6.45) is 0. The topological polar surface area (TPSA) is 85.7 Å². The minimum Gasteiger partial charge on any atom is -0.366 e. The highest BCUT2D eigenvalue weighted by Crippen LogP contribution is 2.20. The second kappa shape index (κ2) is 9.66. The number of benzene rings is 2. The van der Waals surface area contributed by atoms with Crippen LogP contribution in [0.15, 0.2) is 48.5 Å². The van der Waals surface area contributed by atoms with Crippen LogP contribution in [-0.2, 0) is 14.3 Å². The first-order chi connectivity index (χ1) is 14.1. The lowest BCUT2D eigenvalue weighted by Gasteiger charge is -2.36. The number of ether oxygens (including phenoxy) is 1. The molecule has 0 saturated carbocycles. The quantitative estimate of drug-likeness (QED) is 0.807. The highest BCUT2D eigenvalue weighted by Gasteiger charge is 2.22. The second-order valence-corrected chi connectivity index (χ2v) is 6.55. The van der Waals surface area contributed by atoms with Crippen LogP contribution in [0.5, 0.6) is 0 Å². The van der Waals surface area contributed by atoms with Gasteiger partial charge in [0.15, 0.2) is 0 Å². The third-order valence-electron chi connectivity index (χ3n) is 4.58. The average Bonchev–Trinajstić information content (AvgIpc) is 2.75. The van der Waals surface area contributed by atoms with Crippen LogP contribution in [0.3, 0.4) is 0 Å². The summed E-state index contributed by atoms with van der Waals surface area (Å²) in [5.74, 6) is -0.861. The van der Waals surface area contributed by atoms with Crippen LogP contribution in [0.1, 0.15) is 5.56 Å². The smallest absolute Gasteiger partial charge is 0.250 e. The first-order valence-electron chi connectivity index (χ1n) is 9.22. The third-order valence-corrected chi connectivity index (χ3v) is 4.58. The van der Waals surface area contributed by atoms with Crippen LogP contribution < -0.4 is 10.2 Å². The molecule has 0 bridgehead atoms. The third kappa shape index (κ3) is 5.53. The van der Waals surface area contributed by atoms with E-state index in [1.54, 1.807) is 47.4 Å². The standard InChI is InChI=1S/C21H21FN4O3/c22-18-3-1-2-4-19(18)25-9-11-26(12-10-25)21(28)15-29-14-20(27)24-17-7-5-16(13-23)6-8-17/h1-8H,9-12,14-15H2,(H,24,27). The minimum absolute atomic E-state index is 0.194. The molecule has 1 aliphatic heterocycles. The van der Waals surface area contributed by atoms with E-state index in [0.717, 1.165) is 0 Å². The summed E-state index contributed by atoms with van der Waals surface area (Å²) in [6, 6.07) is 15.0. The second-order valence-electron chi connectivity index (χ2n) is 6.55. The molecule has 0 radical (unpaired) electrons. The molecule has 0 unspecified atom stereocenters. The number of para-hydroxylation sites is 1. The predicted octanol–water partition coefficient (Wildman–Crippen LogP) is 2.00. The molecule has 1 N–H and O–H groups in total. The number of nitrogens with zero attached hydrogens (tertiary/aromatic N) is 3. The molecule has 2 aromatic rings. The number of carbonyl (C=O) groups is 2. The number of anilines is 2. The van der Waals surface area contributed by atoms with Crippen molar-refractivity contribution in [2.24, 2.45) is 0 Å². The van der Waals surface area contributed by atoms with E-state index in [4.69, 9.17) is 10.00 Å².